The summed E-state index contributed by atoms with van der Waals surface area (Å²) in [5, 5.41) is 0.395. The molecule has 0 bridgehead atoms. The lowest BCUT2D eigenvalue weighted by atomic mass is 9.97. The Kier molecular flexibility index (Phi) is 6.12. The molecule has 0 radical (unpaired) electrons. The largest absolute Gasteiger partial charge is 0.497 e. The van der Waals surface area contributed by atoms with Gasteiger partial charge in [-0.25, -0.2) is 9.78 Å². The van der Waals surface area contributed by atoms with Gasteiger partial charge in [-0.15, -0.1) is 0 Å². The fourth-order valence-corrected chi connectivity index (χ4v) is 4.38. The van der Waals surface area contributed by atoms with Crippen molar-refractivity contribution in [2.45, 2.75) is 38.1 Å². The highest BCUT2D eigenvalue weighted by molar-refractivity contribution is 5.78. The number of piperidine rings is 1. The third kappa shape index (κ3) is 4.04. The van der Waals surface area contributed by atoms with Crippen molar-refractivity contribution in [3.8, 4) is 5.75 Å². The molecule has 3 aromatic rings. The monoisotopic (exact) mass is 436 g/mol. The predicted molar refractivity (Wildman–Crippen MR) is 122 cm³/mol. The van der Waals surface area contributed by atoms with Gasteiger partial charge in [-0.3, -0.25) is 18.7 Å². The Morgan fingerprint density at radius 3 is 2.53 bits per heavy atom. The Bertz CT molecular complexity index is 1260. The number of nitrogens with zero attached hydrogens (tertiary/aromatic N) is 4. The molecule has 168 valence electrons. The molecule has 1 saturated heterocycles. The number of pyridine rings is 1. The summed E-state index contributed by atoms with van der Waals surface area (Å²) in [7, 11) is 4.70. The van der Waals surface area contributed by atoms with E-state index in [1.807, 2.05) is 35.2 Å². The Morgan fingerprint density at radius 1 is 1.06 bits per heavy atom. The van der Waals surface area contributed by atoms with Crippen LogP contribution in [0.15, 0.2) is 46.0 Å². The first-order valence-electron chi connectivity index (χ1n) is 10.9. The molecule has 1 amide bonds. The molecule has 8 nitrogen and oxygen atoms in total. The van der Waals surface area contributed by atoms with E-state index in [-0.39, 0.29) is 17.5 Å². The van der Waals surface area contributed by atoms with Gasteiger partial charge < -0.3 is 9.64 Å². The number of aryl methyl sites for hydroxylation is 2. The molecule has 1 fully saturated rings. The summed E-state index contributed by atoms with van der Waals surface area (Å²) < 4.78 is 7.66. The van der Waals surface area contributed by atoms with E-state index in [1.165, 1.54) is 11.6 Å². The maximum atomic E-state index is 13.1. The zero-order valence-corrected chi connectivity index (χ0v) is 18.7. The van der Waals surface area contributed by atoms with Crippen molar-refractivity contribution in [1.29, 1.82) is 0 Å². The second kappa shape index (κ2) is 8.98. The topological polar surface area (TPSA) is 86.4 Å². The minimum Gasteiger partial charge on any atom is -0.497 e. The Balaban J connectivity index is 1.58. The molecule has 4 rings (SSSR count). The molecule has 8 heteroatoms. The SMILES string of the molecule is COc1ccc(CCC(=O)N2CCCC[C@@H]2c2ccc3c(=O)n(C)c(=O)n(C)c3n2)cc1. The number of carbonyl (C=O) groups excluding carboxylic acids is 1. The van der Waals surface area contributed by atoms with Gasteiger partial charge in [-0.05, 0) is 55.5 Å². The normalized spacial score (nSPS) is 16.3. The van der Waals surface area contributed by atoms with Crippen molar-refractivity contribution in [2.24, 2.45) is 14.1 Å². The molecule has 0 aliphatic carbocycles. The van der Waals surface area contributed by atoms with Gasteiger partial charge in [0.05, 0.1) is 24.2 Å². The standard InChI is InChI=1S/C24H28N4O4/c1-26-22-18(23(30)27(2)24(26)31)12-13-19(25-22)20-6-4-5-15-28(20)21(29)14-9-16-7-10-17(32-3)11-8-16/h7-8,10-13,20H,4-6,9,14-15H2,1-3H3/t20-/m1/s1. The van der Waals surface area contributed by atoms with E-state index in [0.717, 1.165) is 40.8 Å². The van der Waals surface area contributed by atoms with Gasteiger partial charge in [0, 0.05) is 27.1 Å². The highest BCUT2D eigenvalue weighted by atomic mass is 16.5. The third-order valence-electron chi connectivity index (χ3n) is 6.27. The highest BCUT2D eigenvalue weighted by Gasteiger charge is 2.29. The number of likely N-dealkylation sites (tertiary alicyclic amines) is 1. The van der Waals surface area contributed by atoms with Crippen molar-refractivity contribution in [3.05, 3.63) is 68.5 Å². The van der Waals surface area contributed by atoms with Crippen molar-refractivity contribution < 1.29 is 9.53 Å². The van der Waals surface area contributed by atoms with Crippen LogP contribution >= 0.6 is 0 Å². The fraction of sp³-hybridized carbons (Fsp3) is 0.417. The molecule has 3 heterocycles. The molecule has 2 aromatic heterocycles. The van der Waals surface area contributed by atoms with Crippen LogP contribution in [-0.2, 0) is 25.3 Å². The van der Waals surface area contributed by atoms with Gasteiger partial charge in [-0.1, -0.05) is 12.1 Å². The second-order valence-corrected chi connectivity index (χ2v) is 8.26. The van der Waals surface area contributed by atoms with E-state index in [2.05, 4.69) is 4.98 Å². The van der Waals surface area contributed by atoms with Gasteiger partial charge in [0.2, 0.25) is 5.91 Å². The quantitative estimate of drug-likeness (QED) is 0.613. The minimum atomic E-state index is -0.414. The zero-order valence-electron chi connectivity index (χ0n) is 18.7. The van der Waals surface area contributed by atoms with E-state index >= 15 is 0 Å². The van der Waals surface area contributed by atoms with Crippen molar-refractivity contribution >= 4 is 16.9 Å². The Morgan fingerprint density at radius 2 is 1.81 bits per heavy atom. The van der Waals surface area contributed by atoms with Crippen LogP contribution in [0.4, 0.5) is 0 Å². The van der Waals surface area contributed by atoms with Crippen LogP contribution < -0.4 is 16.0 Å². The lowest BCUT2D eigenvalue weighted by Crippen LogP contribution is -2.40. The van der Waals surface area contributed by atoms with Gasteiger partial charge in [0.15, 0.2) is 0 Å². The first-order chi connectivity index (χ1) is 15.4. The number of amides is 1. The number of carbonyl (C=O) groups is 1. The van der Waals surface area contributed by atoms with Crippen LogP contribution in [0, 0.1) is 0 Å². The fourth-order valence-electron chi connectivity index (χ4n) is 4.38. The number of benzene rings is 1. The van der Waals surface area contributed by atoms with Crippen LogP contribution in [0.5, 0.6) is 5.75 Å². The molecule has 1 aliphatic heterocycles. The van der Waals surface area contributed by atoms with Crippen LogP contribution in [0.1, 0.15) is 43.0 Å². The van der Waals surface area contributed by atoms with E-state index in [1.54, 1.807) is 20.2 Å². The third-order valence-corrected chi connectivity index (χ3v) is 6.27. The maximum Gasteiger partial charge on any atom is 0.332 e. The average Bonchev–Trinajstić information content (AvgIpc) is 2.84. The average molecular weight is 437 g/mol. The molecule has 1 aliphatic rings. The van der Waals surface area contributed by atoms with Crippen molar-refractivity contribution in [2.75, 3.05) is 13.7 Å². The van der Waals surface area contributed by atoms with Gasteiger partial charge in [-0.2, -0.15) is 0 Å². The van der Waals surface area contributed by atoms with Gasteiger partial charge in [0.25, 0.3) is 5.56 Å². The lowest BCUT2D eigenvalue weighted by Gasteiger charge is -2.35. The Hall–Kier alpha value is -3.42. The summed E-state index contributed by atoms with van der Waals surface area (Å²) in [4.78, 5) is 44.5. The molecular formula is C24H28N4O4. The molecule has 0 N–H and O–H groups in total. The lowest BCUT2D eigenvalue weighted by molar-refractivity contribution is -0.135. The molecule has 0 spiro atoms. The molecular weight excluding hydrogens is 408 g/mol. The van der Waals surface area contributed by atoms with E-state index in [9.17, 15) is 14.4 Å². The Labute approximate surface area is 186 Å². The predicted octanol–water partition coefficient (Wildman–Crippen LogP) is 2.33. The number of fused-ring (bicyclic) bond motifs is 1. The summed E-state index contributed by atoms with van der Waals surface area (Å²) in [5.41, 5.74) is 1.38. The smallest absolute Gasteiger partial charge is 0.332 e. The molecule has 0 unspecified atom stereocenters. The number of aromatic nitrogens is 3. The van der Waals surface area contributed by atoms with E-state index in [4.69, 9.17) is 4.74 Å². The van der Waals surface area contributed by atoms with Gasteiger partial charge >= 0.3 is 5.69 Å². The summed E-state index contributed by atoms with van der Waals surface area (Å²) in [6, 6.07) is 11.1. The van der Waals surface area contributed by atoms with Crippen molar-refractivity contribution in [3.63, 3.8) is 0 Å². The number of ether oxygens (including phenoxy) is 1. The molecule has 32 heavy (non-hydrogen) atoms. The minimum absolute atomic E-state index is 0.0882. The van der Waals surface area contributed by atoms with Crippen molar-refractivity contribution in [1.82, 2.24) is 19.0 Å². The molecule has 0 saturated carbocycles. The summed E-state index contributed by atoms with van der Waals surface area (Å²) >= 11 is 0. The summed E-state index contributed by atoms with van der Waals surface area (Å²) in [5.74, 6) is 0.882. The number of hydrogen-bond acceptors (Lipinski definition) is 5. The summed E-state index contributed by atoms with van der Waals surface area (Å²) in [6.07, 6.45) is 3.84. The zero-order chi connectivity index (χ0) is 22.8. The van der Waals surface area contributed by atoms with Gasteiger partial charge in [0.1, 0.15) is 11.4 Å². The first kappa shape index (κ1) is 21.8. The highest BCUT2D eigenvalue weighted by Crippen LogP contribution is 2.31. The van der Waals surface area contributed by atoms with E-state index in [0.29, 0.717) is 30.4 Å². The molecule has 1 atom stereocenters. The summed E-state index contributed by atoms with van der Waals surface area (Å²) in [6.45, 7) is 0.682. The molecule has 1 aromatic carbocycles. The van der Waals surface area contributed by atoms with Crippen LogP contribution in [0.3, 0.4) is 0 Å². The number of methoxy groups -OCH3 is 1. The van der Waals surface area contributed by atoms with E-state index < -0.39 is 5.69 Å². The number of hydrogen-bond donors (Lipinski definition) is 0. The maximum absolute atomic E-state index is 13.1. The second-order valence-electron chi connectivity index (χ2n) is 8.26. The van der Waals surface area contributed by atoms with Crippen LogP contribution in [0.25, 0.3) is 11.0 Å². The number of rotatable bonds is 5. The van der Waals surface area contributed by atoms with Crippen LogP contribution in [0.2, 0.25) is 0 Å². The van der Waals surface area contributed by atoms with Crippen LogP contribution in [-0.4, -0.2) is 38.6 Å². The first-order valence-corrected chi connectivity index (χ1v) is 10.9.